The molecule has 4 N–H and O–H groups in total. The maximum absolute atomic E-state index is 12.8. The second-order valence-electron chi connectivity index (χ2n) is 7.96. The molecule has 1 fully saturated rings. The first-order valence-electron chi connectivity index (χ1n) is 10.3. The molecule has 2 aliphatic heterocycles. The molecule has 0 radical (unpaired) electrons. The first-order chi connectivity index (χ1) is 15.4. The summed E-state index contributed by atoms with van der Waals surface area (Å²) in [6, 6.07) is 11.6. The fraction of sp³-hybridized carbons (Fsp3) is 0.304. The third-order valence-electron chi connectivity index (χ3n) is 5.83. The van der Waals surface area contributed by atoms with E-state index in [1.54, 1.807) is 12.1 Å². The Balaban J connectivity index is 1.39. The van der Waals surface area contributed by atoms with Gasteiger partial charge < -0.3 is 16.0 Å². The number of nitrogens with zero attached hydrogens (tertiary/aromatic N) is 1. The average Bonchev–Trinajstić information content (AvgIpc) is 3.12. The van der Waals surface area contributed by atoms with Gasteiger partial charge in [0.25, 0.3) is 5.91 Å². The van der Waals surface area contributed by atoms with Crippen molar-refractivity contribution >= 4 is 46.2 Å². The Morgan fingerprint density at radius 3 is 2.56 bits per heavy atom. The number of nitrogens with two attached hydrogens (primary N) is 1. The SMILES string of the molecule is NC(C(=O)NCc1ccc2c(c1)CN(C1CCC(=O)NC1=O)C2=O)c1ccc(CI)cc1. The number of piperidine rings is 1. The lowest BCUT2D eigenvalue weighted by atomic mass is 10.0. The monoisotopic (exact) mass is 546 g/mol. The van der Waals surface area contributed by atoms with Crippen LogP contribution in [0.5, 0.6) is 0 Å². The fourth-order valence-electron chi connectivity index (χ4n) is 4.00. The molecule has 32 heavy (non-hydrogen) atoms. The van der Waals surface area contributed by atoms with Gasteiger partial charge in [-0.05, 0) is 34.7 Å². The second-order valence-corrected chi connectivity index (χ2v) is 8.72. The lowest BCUT2D eigenvalue weighted by Gasteiger charge is -2.29. The molecule has 166 valence electrons. The number of fused-ring (bicyclic) bond motifs is 1. The molecular formula is C23H23IN4O4. The van der Waals surface area contributed by atoms with Gasteiger partial charge in [0.15, 0.2) is 0 Å². The number of benzene rings is 2. The molecule has 0 aliphatic carbocycles. The van der Waals surface area contributed by atoms with E-state index in [0.29, 0.717) is 18.5 Å². The zero-order valence-corrected chi connectivity index (χ0v) is 19.4. The smallest absolute Gasteiger partial charge is 0.255 e. The van der Waals surface area contributed by atoms with Crippen molar-refractivity contribution in [1.82, 2.24) is 15.5 Å². The Bertz CT molecular complexity index is 1090. The highest BCUT2D eigenvalue weighted by Gasteiger charge is 2.39. The molecule has 0 bridgehead atoms. The van der Waals surface area contributed by atoms with Gasteiger partial charge in [0, 0.05) is 29.5 Å². The molecule has 9 heteroatoms. The van der Waals surface area contributed by atoms with Crippen LogP contribution in [0, 0.1) is 0 Å². The lowest BCUT2D eigenvalue weighted by Crippen LogP contribution is -2.52. The van der Waals surface area contributed by atoms with Crippen molar-refractivity contribution < 1.29 is 19.2 Å². The molecule has 0 aromatic heterocycles. The Morgan fingerprint density at radius 2 is 1.88 bits per heavy atom. The Hall–Kier alpha value is -2.79. The highest BCUT2D eigenvalue weighted by molar-refractivity contribution is 14.1. The van der Waals surface area contributed by atoms with Crippen molar-refractivity contribution in [3.05, 3.63) is 70.3 Å². The maximum Gasteiger partial charge on any atom is 0.255 e. The number of alkyl halides is 1. The molecule has 4 rings (SSSR count). The summed E-state index contributed by atoms with van der Waals surface area (Å²) in [6.45, 7) is 0.573. The van der Waals surface area contributed by atoms with Crippen LogP contribution in [0.3, 0.4) is 0 Å². The molecule has 4 amide bonds. The molecule has 0 spiro atoms. The molecule has 2 unspecified atom stereocenters. The molecule has 2 atom stereocenters. The van der Waals surface area contributed by atoms with Gasteiger partial charge in [0.2, 0.25) is 17.7 Å². The van der Waals surface area contributed by atoms with E-state index < -0.39 is 18.0 Å². The van der Waals surface area contributed by atoms with Gasteiger partial charge in [0.1, 0.15) is 12.1 Å². The Morgan fingerprint density at radius 1 is 1.16 bits per heavy atom. The second kappa shape index (κ2) is 9.37. The highest BCUT2D eigenvalue weighted by Crippen LogP contribution is 2.28. The van der Waals surface area contributed by atoms with Crippen LogP contribution in [0.1, 0.15) is 51.5 Å². The summed E-state index contributed by atoms with van der Waals surface area (Å²) in [5, 5.41) is 5.15. The van der Waals surface area contributed by atoms with Crippen molar-refractivity contribution in [3.8, 4) is 0 Å². The van der Waals surface area contributed by atoms with Crippen molar-refractivity contribution in [2.75, 3.05) is 0 Å². The van der Waals surface area contributed by atoms with Gasteiger partial charge in [-0.25, -0.2) is 0 Å². The van der Waals surface area contributed by atoms with Crippen molar-refractivity contribution in [2.24, 2.45) is 5.73 Å². The van der Waals surface area contributed by atoms with Crippen molar-refractivity contribution in [1.29, 1.82) is 0 Å². The van der Waals surface area contributed by atoms with Gasteiger partial charge in [-0.3, -0.25) is 24.5 Å². The van der Waals surface area contributed by atoms with Crippen molar-refractivity contribution in [2.45, 2.75) is 42.4 Å². The lowest BCUT2D eigenvalue weighted by molar-refractivity contribution is -0.137. The standard InChI is InChI=1S/C23H23IN4O4/c24-10-13-1-4-15(5-2-13)20(25)22(31)26-11-14-3-6-17-16(9-14)12-28(23(17)32)18-7-8-19(29)27-21(18)30/h1-6,9,18,20H,7-8,10-12,25H2,(H,26,31)(H,27,29,30). The summed E-state index contributed by atoms with van der Waals surface area (Å²) in [7, 11) is 0. The zero-order chi connectivity index (χ0) is 22.8. The van der Waals surface area contributed by atoms with Gasteiger partial charge in [0.05, 0.1) is 0 Å². The third-order valence-corrected chi connectivity index (χ3v) is 6.71. The molecule has 2 heterocycles. The molecule has 2 aliphatic rings. The number of nitrogens with one attached hydrogen (secondary N) is 2. The summed E-state index contributed by atoms with van der Waals surface area (Å²) in [5.41, 5.74) is 10.2. The van der Waals surface area contributed by atoms with Crippen LogP contribution in [-0.2, 0) is 31.9 Å². The van der Waals surface area contributed by atoms with Gasteiger partial charge in [-0.15, -0.1) is 0 Å². The van der Waals surface area contributed by atoms with Crippen LogP contribution < -0.4 is 16.4 Å². The number of hydrogen-bond donors (Lipinski definition) is 3. The number of rotatable bonds is 6. The molecule has 2 aromatic carbocycles. The van der Waals surface area contributed by atoms with E-state index in [-0.39, 0.29) is 30.7 Å². The van der Waals surface area contributed by atoms with Crippen LogP contribution in [-0.4, -0.2) is 34.6 Å². The topological polar surface area (TPSA) is 122 Å². The van der Waals surface area contributed by atoms with Gasteiger partial charge in [-0.2, -0.15) is 0 Å². The zero-order valence-electron chi connectivity index (χ0n) is 17.3. The van der Waals surface area contributed by atoms with Crippen LogP contribution in [0.15, 0.2) is 42.5 Å². The van der Waals surface area contributed by atoms with E-state index in [2.05, 4.69) is 33.2 Å². The summed E-state index contributed by atoms with van der Waals surface area (Å²) in [5.74, 6) is -1.25. The minimum absolute atomic E-state index is 0.217. The first kappa shape index (κ1) is 22.4. The van der Waals surface area contributed by atoms with Crippen LogP contribution in [0.25, 0.3) is 0 Å². The van der Waals surface area contributed by atoms with E-state index in [9.17, 15) is 19.2 Å². The Kier molecular flexibility index (Phi) is 6.56. The molecule has 1 saturated heterocycles. The molecule has 0 saturated carbocycles. The van der Waals surface area contributed by atoms with E-state index in [1.165, 1.54) is 10.5 Å². The average molecular weight is 546 g/mol. The van der Waals surface area contributed by atoms with Crippen molar-refractivity contribution in [3.63, 3.8) is 0 Å². The fourth-order valence-corrected chi connectivity index (χ4v) is 4.51. The van der Waals surface area contributed by atoms with Gasteiger partial charge in [-0.1, -0.05) is 59.0 Å². The molecule has 8 nitrogen and oxygen atoms in total. The number of imide groups is 1. The minimum Gasteiger partial charge on any atom is -0.350 e. The maximum atomic E-state index is 12.8. The number of carbonyl (C=O) groups excluding carboxylic acids is 4. The van der Waals surface area contributed by atoms with E-state index in [0.717, 1.165) is 21.1 Å². The minimum atomic E-state index is -0.766. The molecule has 2 aromatic rings. The van der Waals surface area contributed by atoms with Crippen LogP contribution in [0.4, 0.5) is 0 Å². The van der Waals surface area contributed by atoms with E-state index >= 15 is 0 Å². The summed E-state index contributed by atoms with van der Waals surface area (Å²) in [4.78, 5) is 50.3. The predicted molar refractivity (Wildman–Crippen MR) is 125 cm³/mol. The third kappa shape index (κ3) is 4.53. The quantitative estimate of drug-likeness (QED) is 0.290. The number of hydrogen-bond acceptors (Lipinski definition) is 5. The number of amides is 4. The van der Waals surface area contributed by atoms with E-state index in [1.807, 2.05) is 30.3 Å². The summed E-state index contributed by atoms with van der Waals surface area (Å²) in [6.07, 6.45) is 0.541. The normalized spacial score (nSPS) is 18.9. The van der Waals surface area contributed by atoms with Crippen LogP contribution in [0.2, 0.25) is 0 Å². The highest BCUT2D eigenvalue weighted by atomic mass is 127. The molecular weight excluding hydrogens is 523 g/mol. The largest absolute Gasteiger partial charge is 0.350 e. The van der Waals surface area contributed by atoms with E-state index in [4.69, 9.17) is 5.73 Å². The number of carbonyl (C=O) groups is 4. The predicted octanol–water partition coefficient (Wildman–Crippen LogP) is 1.70. The Labute approximate surface area is 199 Å². The summed E-state index contributed by atoms with van der Waals surface area (Å²) < 4.78 is 0.890. The first-order valence-corrected chi connectivity index (χ1v) is 11.8. The van der Waals surface area contributed by atoms with Crippen LogP contribution >= 0.6 is 22.6 Å². The van der Waals surface area contributed by atoms with Gasteiger partial charge >= 0.3 is 0 Å². The number of halogens is 1. The summed E-state index contributed by atoms with van der Waals surface area (Å²) >= 11 is 2.28.